The molecule has 170 valence electrons. The van der Waals surface area contributed by atoms with Crippen LogP contribution in [0.3, 0.4) is 0 Å². The summed E-state index contributed by atoms with van der Waals surface area (Å²) in [5.41, 5.74) is 2.01. The van der Waals surface area contributed by atoms with Crippen LogP contribution in [0.4, 0.5) is 4.79 Å². The zero-order valence-electron chi connectivity index (χ0n) is 19.1. The van der Waals surface area contributed by atoms with Crippen LogP contribution < -0.4 is 10.1 Å². The van der Waals surface area contributed by atoms with Crippen LogP contribution in [0.25, 0.3) is 11.3 Å². The van der Waals surface area contributed by atoms with E-state index in [0.717, 1.165) is 24.0 Å². The lowest BCUT2D eigenvalue weighted by Crippen LogP contribution is -2.54. The van der Waals surface area contributed by atoms with Crippen molar-refractivity contribution in [3.63, 3.8) is 0 Å². The van der Waals surface area contributed by atoms with E-state index in [1.807, 2.05) is 52.0 Å². The second kappa shape index (κ2) is 8.41. The Morgan fingerprint density at radius 2 is 1.97 bits per heavy atom. The second-order valence-corrected chi connectivity index (χ2v) is 9.31. The Labute approximate surface area is 188 Å². The lowest BCUT2D eigenvalue weighted by molar-refractivity contribution is 0.0158. The molecule has 1 saturated heterocycles. The smallest absolute Gasteiger partial charge is 0.410 e. The molecule has 0 bridgehead atoms. The monoisotopic (exact) mass is 438 g/mol. The van der Waals surface area contributed by atoms with Gasteiger partial charge in [0.1, 0.15) is 11.3 Å². The summed E-state index contributed by atoms with van der Waals surface area (Å²) >= 11 is 0. The number of rotatable bonds is 3. The van der Waals surface area contributed by atoms with E-state index in [0.29, 0.717) is 43.5 Å². The van der Waals surface area contributed by atoms with Gasteiger partial charge in [-0.25, -0.2) is 14.8 Å². The molecule has 0 saturated carbocycles. The number of fused-ring (bicyclic) bond motifs is 2. The summed E-state index contributed by atoms with van der Waals surface area (Å²) < 4.78 is 11.2. The summed E-state index contributed by atoms with van der Waals surface area (Å²) in [5.74, 6) is 0.322. The topological polar surface area (TPSA) is 93.6 Å². The molecule has 32 heavy (non-hydrogen) atoms. The number of aromatic nitrogens is 2. The van der Waals surface area contributed by atoms with Crippen LogP contribution in [-0.4, -0.2) is 58.7 Å². The Bertz CT molecular complexity index is 1020. The highest BCUT2D eigenvalue weighted by Crippen LogP contribution is 2.40. The zero-order chi connectivity index (χ0) is 22.9. The largest absolute Gasteiger partial charge is 0.477 e. The van der Waals surface area contributed by atoms with Crippen molar-refractivity contribution in [2.24, 2.45) is 0 Å². The van der Waals surface area contributed by atoms with E-state index in [-0.39, 0.29) is 17.4 Å². The van der Waals surface area contributed by atoms with E-state index >= 15 is 0 Å². The van der Waals surface area contributed by atoms with Crippen LogP contribution in [-0.2, 0) is 10.2 Å². The summed E-state index contributed by atoms with van der Waals surface area (Å²) in [7, 11) is 0. The molecule has 2 aromatic rings. The van der Waals surface area contributed by atoms with Crippen molar-refractivity contribution in [1.82, 2.24) is 20.2 Å². The van der Waals surface area contributed by atoms with Crippen molar-refractivity contribution in [3.05, 3.63) is 41.7 Å². The van der Waals surface area contributed by atoms with E-state index in [2.05, 4.69) is 10.3 Å². The number of likely N-dealkylation sites (tertiary alicyclic amines) is 1. The first-order chi connectivity index (χ1) is 15.2. The van der Waals surface area contributed by atoms with Crippen LogP contribution in [0.1, 0.15) is 56.6 Å². The SMILES string of the molecule is CCOc1ncccc1-c1ccc2c(n1)C(=O)NCC21CCN(C(=O)OC(C)(C)C)CC1. The fourth-order valence-corrected chi connectivity index (χ4v) is 4.37. The molecule has 2 aliphatic heterocycles. The summed E-state index contributed by atoms with van der Waals surface area (Å²) in [5, 5.41) is 3.02. The normalized spacial score (nSPS) is 17.5. The van der Waals surface area contributed by atoms with Gasteiger partial charge in [-0.05, 0) is 64.3 Å². The average Bonchev–Trinajstić information content (AvgIpc) is 2.76. The first kappa shape index (κ1) is 22.0. The van der Waals surface area contributed by atoms with Crippen LogP contribution in [0.2, 0.25) is 0 Å². The number of nitrogens with zero attached hydrogens (tertiary/aromatic N) is 3. The second-order valence-electron chi connectivity index (χ2n) is 9.31. The number of piperidine rings is 1. The van der Waals surface area contributed by atoms with Crippen molar-refractivity contribution in [3.8, 4) is 17.1 Å². The summed E-state index contributed by atoms with van der Waals surface area (Å²) in [6.45, 7) is 9.68. The van der Waals surface area contributed by atoms with Gasteiger partial charge in [0.05, 0.1) is 17.9 Å². The first-order valence-corrected chi connectivity index (χ1v) is 11.1. The lowest BCUT2D eigenvalue weighted by Gasteiger charge is -2.44. The number of hydrogen-bond donors (Lipinski definition) is 1. The van der Waals surface area contributed by atoms with Gasteiger partial charge in [-0.15, -0.1) is 0 Å². The number of pyridine rings is 2. The number of nitrogens with one attached hydrogen (secondary N) is 1. The minimum Gasteiger partial charge on any atom is -0.477 e. The van der Waals surface area contributed by atoms with Crippen molar-refractivity contribution in [1.29, 1.82) is 0 Å². The number of hydrogen-bond acceptors (Lipinski definition) is 6. The highest BCUT2D eigenvalue weighted by atomic mass is 16.6. The van der Waals surface area contributed by atoms with E-state index in [1.165, 1.54) is 0 Å². The van der Waals surface area contributed by atoms with Gasteiger partial charge >= 0.3 is 6.09 Å². The molecular formula is C24H30N4O4. The molecule has 1 spiro atoms. The first-order valence-electron chi connectivity index (χ1n) is 11.1. The standard InChI is InChI=1S/C24H30N4O4/c1-5-31-21-16(7-6-12-25-21)18-9-8-17-19(27-18)20(29)26-15-24(17)10-13-28(14-11-24)22(30)32-23(2,3)4/h6-9,12H,5,10-11,13-15H2,1-4H3,(H,26,29). The maximum Gasteiger partial charge on any atom is 0.410 e. The molecule has 8 heteroatoms. The highest BCUT2D eigenvalue weighted by Gasteiger charge is 2.44. The zero-order valence-corrected chi connectivity index (χ0v) is 19.1. The molecule has 0 aliphatic carbocycles. The Hall–Kier alpha value is -3.16. The van der Waals surface area contributed by atoms with Gasteiger partial charge in [0, 0.05) is 31.2 Å². The van der Waals surface area contributed by atoms with E-state index in [9.17, 15) is 9.59 Å². The van der Waals surface area contributed by atoms with Gasteiger partial charge in [-0.2, -0.15) is 0 Å². The van der Waals surface area contributed by atoms with E-state index < -0.39 is 5.60 Å². The molecule has 4 rings (SSSR count). The van der Waals surface area contributed by atoms with Gasteiger partial charge in [0.2, 0.25) is 5.88 Å². The van der Waals surface area contributed by atoms with Crippen LogP contribution in [0.5, 0.6) is 5.88 Å². The quantitative estimate of drug-likeness (QED) is 0.788. The Morgan fingerprint density at radius 1 is 1.22 bits per heavy atom. The molecule has 0 unspecified atom stereocenters. The van der Waals surface area contributed by atoms with Gasteiger partial charge in [-0.3, -0.25) is 4.79 Å². The van der Waals surface area contributed by atoms with E-state index in [1.54, 1.807) is 11.1 Å². The number of ether oxygens (including phenoxy) is 2. The van der Waals surface area contributed by atoms with Gasteiger partial charge in [0.15, 0.2) is 0 Å². The van der Waals surface area contributed by atoms with Crippen molar-refractivity contribution in [2.45, 2.75) is 51.6 Å². The summed E-state index contributed by atoms with van der Waals surface area (Å²) in [6, 6.07) is 7.65. The molecular weight excluding hydrogens is 408 g/mol. The van der Waals surface area contributed by atoms with Gasteiger partial charge < -0.3 is 19.7 Å². The molecule has 4 heterocycles. The van der Waals surface area contributed by atoms with Crippen LogP contribution >= 0.6 is 0 Å². The van der Waals surface area contributed by atoms with Crippen LogP contribution in [0, 0.1) is 0 Å². The van der Waals surface area contributed by atoms with Gasteiger partial charge in [-0.1, -0.05) is 6.07 Å². The van der Waals surface area contributed by atoms with Crippen molar-refractivity contribution < 1.29 is 19.1 Å². The number of carbonyl (C=O) groups is 2. The molecule has 2 aliphatic rings. The molecule has 1 N–H and O–H groups in total. The molecule has 0 aromatic carbocycles. The van der Waals surface area contributed by atoms with Crippen molar-refractivity contribution >= 4 is 12.0 Å². The molecule has 8 nitrogen and oxygen atoms in total. The summed E-state index contributed by atoms with van der Waals surface area (Å²) in [6.07, 6.45) is 2.85. The maximum atomic E-state index is 12.7. The molecule has 2 aromatic heterocycles. The highest BCUT2D eigenvalue weighted by molar-refractivity contribution is 5.96. The molecule has 2 amide bonds. The third kappa shape index (κ3) is 4.26. The fourth-order valence-electron chi connectivity index (χ4n) is 4.37. The minimum atomic E-state index is -0.523. The Balaban J connectivity index is 1.60. The molecule has 1 fully saturated rings. The predicted octanol–water partition coefficient (Wildman–Crippen LogP) is 3.55. The molecule has 0 radical (unpaired) electrons. The Morgan fingerprint density at radius 3 is 2.66 bits per heavy atom. The van der Waals surface area contributed by atoms with E-state index in [4.69, 9.17) is 14.5 Å². The lowest BCUT2D eigenvalue weighted by atomic mass is 9.70. The fraction of sp³-hybridized carbons (Fsp3) is 0.500. The summed E-state index contributed by atoms with van der Waals surface area (Å²) in [4.78, 5) is 36.0. The minimum absolute atomic E-state index is 0.177. The van der Waals surface area contributed by atoms with Gasteiger partial charge in [0.25, 0.3) is 5.91 Å². The Kier molecular flexibility index (Phi) is 5.79. The average molecular weight is 439 g/mol. The predicted molar refractivity (Wildman–Crippen MR) is 120 cm³/mol. The maximum absolute atomic E-state index is 12.7. The third-order valence-electron chi connectivity index (χ3n) is 5.97. The third-order valence-corrected chi connectivity index (χ3v) is 5.97. The number of amides is 2. The molecule has 0 atom stereocenters. The van der Waals surface area contributed by atoms with Crippen molar-refractivity contribution in [2.75, 3.05) is 26.2 Å². The van der Waals surface area contributed by atoms with Crippen LogP contribution in [0.15, 0.2) is 30.5 Å². The number of carbonyl (C=O) groups excluding carboxylic acids is 2.